The maximum Gasteiger partial charge on any atom is 0.139 e. The van der Waals surface area contributed by atoms with E-state index in [2.05, 4.69) is 5.32 Å². The second-order valence-corrected chi connectivity index (χ2v) is 5.69. The minimum Gasteiger partial charge on any atom is -0.316 e. The van der Waals surface area contributed by atoms with Crippen LogP contribution in [0.3, 0.4) is 0 Å². The lowest BCUT2D eigenvalue weighted by Crippen LogP contribution is -2.35. The Morgan fingerprint density at radius 3 is 2.53 bits per heavy atom. The largest absolute Gasteiger partial charge is 0.316 e. The van der Waals surface area contributed by atoms with Gasteiger partial charge in [0.15, 0.2) is 0 Å². The van der Waals surface area contributed by atoms with E-state index in [-0.39, 0.29) is 22.6 Å². The van der Waals surface area contributed by atoms with E-state index >= 15 is 0 Å². The second kappa shape index (κ2) is 6.21. The molecule has 0 amide bonds. The van der Waals surface area contributed by atoms with E-state index in [1.54, 1.807) is 7.05 Å². The van der Waals surface area contributed by atoms with Crippen molar-refractivity contribution in [3.8, 4) is 0 Å². The molecule has 0 aliphatic rings. The maximum atomic E-state index is 13.4. The van der Waals surface area contributed by atoms with Crippen molar-refractivity contribution in [3.63, 3.8) is 0 Å². The van der Waals surface area contributed by atoms with Gasteiger partial charge in [-0.25, -0.2) is 8.78 Å². The van der Waals surface area contributed by atoms with Crippen molar-refractivity contribution in [3.05, 3.63) is 29.8 Å². The average Bonchev–Trinajstić information content (AvgIpc) is 2.28. The normalized spacial score (nSPS) is 14.9. The molecule has 5 heteroatoms. The molecule has 0 aliphatic carbocycles. The van der Waals surface area contributed by atoms with Crippen molar-refractivity contribution >= 4 is 10.8 Å². The van der Waals surface area contributed by atoms with Crippen LogP contribution in [0.4, 0.5) is 8.78 Å². The van der Waals surface area contributed by atoms with E-state index in [0.29, 0.717) is 0 Å². The van der Waals surface area contributed by atoms with Crippen molar-refractivity contribution in [2.75, 3.05) is 12.8 Å². The SMILES string of the molecule is CNC(CS(=O)c1cc(F)ccc1F)C(C)C. The Morgan fingerprint density at radius 2 is 2.00 bits per heavy atom. The lowest BCUT2D eigenvalue weighted by atomic mass is 10.1. The summed E-state index contributed by atoms with van der Waals surface area (Å²) in [6, 6.07) is 3.04. The van der Waals surface area contributed by atoms with Crippen LogP contribution in [0, 0.1) is 17.6 Å². The van der Waals surface area contributed by atoms with Gasteiger partial charge in [-0.15, -0.1) is 0 Å². The number of benzene rings is 1. The molecule has 1 N–H and O–H groups in total. The molecule has 0 heterocycles. The Labute approximate surface area is 103 Å². The van der Waals surface area contributed by atoms with Gasteiger partial charge in [0, 0.05) is 11.8 Å². The minimum absolute atomic E-state index is 0.0125. The van der Waals surface area contributed by atoms with Crippen LogP contribution in [0.15, 0.2) is 23.1 Å². The Kier molecular flexibility index (Phi) is 5.21. The van der Waals surface area contributed by atoms with Gasteiger partial charge in [-0.05, 0) is 31.2 Å². The van der Waals surface area contributed by atoms with Gasteiger partial charge in [-0.3, -0.25) is 4.21 Å². The van der Waals surface area contributed by atoms with Gasteiger partial charge in [-0.1, -0.05) is 13.8 Å². The fraction of sp³-hybridized carbons (Fsp3) is 0.500. The lowest BCUT2D eigenvalue weighted by molar-refractivity contribution is 0.461. The van der Waals surface area contributed by atoms with Crippen LogP contribution in [0.2, 0.25) is 0 Å². The Bertz CT molecular complexity index is 409. The summed E-state index contributed by atoms with van der Waals surface area (Å²) in [5.74, 6) is -0.640. The highest BCUT2D eigenvalue weighted by atomic mass is 32.2. The summed E-state index contributed by atoms with van der Waals surface area (Å²) in [6.45, 7) is 3.97. The molecule has 1 rings (SSSR count). The Morgan fingerprint density at radius 1 is 1.35 bits per heavy atom. The molecule has 2 nitrogen and oxygen atoms in total. The fourth-order valence-corrected chi connectivity index (χ4v) is 3.10. The third kappa shape index (κ3) is 3.85. The van der Waals surface area contributed by atoms with E-state index in [4.69, 9.17) is 0 Å². The van der Waals surface area contributed by atoms with Crippen LogP contribution in [-0.2, 0) is 10.8 Å². The van der Waals surface area contributed by atoms with Crippen molar-refractivity contribution in [1.82, 2.24) is 5.32 Å². The molecule has 1 aromatic rings. The highest BCUT2D eigenvalue weighted by molar-refractivity contribution is 7.85. The first-order valence-electron chi connectivity index (χ1n) is 5.46. The molecule has 1 aromatic carbocycles. The van der Waals surface area contributed by atoms with Gasteiger partial charge >= 0.3 is 0 Å². The van der Waals surface area contributed by atoms with E-state index < -0.39 is 22.4 Å². The summed E-state index contributed by atoms with van der Waals surface area (Å²) in [6.07, 6.45) is 0. The number of nitrogens with one attached hydrogen (secondary N) is 1. The smallest absolute Gasteiger partial charge is 0.139 e. The van der Waals surface area contributed by atoms with Crippen LogP contribution in [-0.4, -0.2) is 23.1 Å². The van der Waals surface area contributed by atoms with Crippen molar-refractivity contribution < 1.29 is 13.0 Å². The lowest BCUT2D eigenvalue weighted by Gasteiger charge is -2.19. The van der Waals surface area contributed by atoms with Gasteiger partial charge < -0.3 is 5.32 Å². The van der Waals surface area contributed by atoms with E-state index in [0.717, 1.165) is 18.2 Å². The Balaban J connectivity index is 2.86. The zero-order valence-corrected chi connectivity index (χ0v) is 11.0. The van der Waals surface area contributed by atoms with Gasteiger partial charge in [0.1, 0.15) is 11.6 Å². The second-order valence-electron chi connectivity index (χ2n) is 4.23. The zero-order valence-electron chi connectivity index (χ0n) is 10.2. The quantitative estimate of drug-likeness (QED) is 0.881. The molecule has 0 fully saturated rings. The topological polar surface area (TPSA) is 29.1 Å². The molecule has 2 atom stereocenters. The average molecular weight is 261 g/mol. The van der Waals surface area contributed by atoms with Crippen LogP contribution >= 0.6 is 0 Å². The summed E-state index contributed by atoms with van der Waals surface area (Å²) in [4.78, 5) is -0.0640. The summed E-state index contributed by atoms with van der Waals surface area (Å²) >= 11 is 0. The highest BCUT2D eigenvalue weighted by Crippen LogP contribution is 2.16. The van der Waals surface area contributed by atoms with E-state index in [1.165, 1.54) is 0 Å². The molecule has 0 radical (unpaired) electrons. The van der Waals surface area contributed by atoms with Gasteiger partial charge in [-0.2, -0.15) is 0 Å². The molecule has 0 bridgehead atoms. The first-order valence-corrected chi connectivity index (χ1v) is 6.78. The number of halogens is 2. The van der Waals surface area contributed by atoms with Crippen LogP contribution in [0.25, 0.3) is 0 Å². The van der Waals surface area contributed by atoms with Crippen LogP contribution in [0.1, 0.15) is 13.8 Å². The predicted molar refractivity (Wildman–Crippen MR) is 65.3 cm³/mol. The van der Waals surface area contributed by atoms with Crippen LogP contribution in [0.5, 0.6) is 0 Å². The van der Waals surface area contributed by atoms with Crippen molar-refractivity contribution in [2.45, 2.75) is 24.8 Å². The minimum atomic E-state index is -1.53. The number of rotatable bonds is 5. The van der Waals surface area contributed by atoms with E-state index in [1.807, 2.05) is 13.8 Å². The predicted octanol–water partition coefficient (Wildman–Crippen LogP) is 2.32. The van der Waals surface area contributed by atoms with Crippen LogP contribution < -0.4 is 5.32 Å². The van der Waals surface area contributed by atoms with Crippen molar-refractivity contribution in [2.24, 2.45) is 5.92 Å². The third-order valence-electron chi connectivity index (χ3n) is 2.64. The molecule has 17 heavy (non-hydrogen) atoms. The molecule has 0 aliphatic heterocycles. The number of hydrogen-bond acceptors (Lipinski definition) is 2. The highest BCUT2D eigenvalue weighted by Gasteiger charge is 2.18. The fourth-order valence-electron chi connectivity index (χ4n) is 1.51. The van der Waals surface area contributed by atoms with Gasteiger partial charge in [0.2, 0.25) is 0 Å². The Hall–Kier alpha value is -0.810. The molecule has 2 unspecified atom stereocenters. The summed E-state index contributed by atoms with van der Waals surface area (Å²) < 4.78 is 38.3. The molecule has 96 valence electrons. The van der Waals surface area contributed by atoms with Gasteiger partial charge in [0.05, 0.1) is 15.7 Å². The van der Waals surface area contributed by atoms with Gasteiger partial charge in [0.25, 0.3) is 0 Å². The molecular weight excluding hydrogens is 244 g/mol. The molecule has 0 spiro atoms. The van der Waals surface area contributed by atoms with Crippen molar-refractivity contribution in [1.29, 1.82) is 0 Å². The summed E-state index contributed by atoms with van der Waals surface area (Å²) in [5, 5.41) is 3.03. The monoisotopic (exact) mass is 261 g/mol. The molecule has 0 saturated carbocycles. The summed E-state index contributed by atoms with van der Waals surface area (Å²) in [5.41, 5.74) is 0. The molecule has 0 saturated heterocycles. The number of hydrogen-bond donors (Lipinski definition) is 1. The third-order valence-corrected chi connectivity index (χ3v) is 4.11. The van der Waals surface area contributed by atoms with E-state index in [9.17, 15) is 13.0 Å². The maximum absolute atomic E-state index is 13.4. The summed E-state index contributed by atoms with van der Waals surface area (Å²) in [7, 11) is 0.234. The zero-order chi connectivity index (χ0) is 13.0. The first-order chi connectivity index (χ1) is 7.95. The first kappa shape index (κ1) is 14.3. The molecular formula is C12H17F2NOS. The standard InChI is InChI=1S/C12H17F2NOS/c1-8(2)11(15-3)7-17(16)12-6-9(13)4-5-10(12)14/h4-6,8,11,15H,7H2,1-3H3. The molecule has 0 aromatic heterocycles.